The fraction of sp³-hybridized carbons (Fsp3) is 0.800. The van der Waals surface area contributed by atoms with Gasteiger partial charge >= 0.3 is 6.03 Å². The van der Waals surface area contributed by atoms with Crippen molar-refractivity contribution < 1.29 is 9.59 Å². The van der Waals surface area contributed by atoms with Crippen molar-refractivity contribution in [1.29, 1.82) is 0 Å². The average molecular weight is 215 g/mol. The molecule has 0 aromatic rings. The quantitative estimate of drug-likeness (QED) is 0.629. The number of hydrogen-bond acceptors (Lipinski definition) is 3. The van der Waals surface area contributed by atoms with Crippen LogP contribution in [0.2, 0.25) is 0 Å². The van der Waals surface area contributed by atoms with E-state index in [0.29, 0.717) is 6.04 Å². The van der Waals surface area contributed by atoms with Crippen molar-refractivity contribution in [3.63, 3.8) is 0 Å². The minimum Gasteiger partial charge on any atom is -0.341 e. The molecule has 0 aliphatic carbocycles. The van der Waals surface area contributed by atoms with Gasteiger partial charge in [0.2, 0.25) is 5.91 Å². The van der Waals surface area contributed by atoms with Gasteiger partial charge in [0, 0.05) is 13.1 Å². The van der Waals surface area contributed by atoms with Gasteiger partial charge in [0.05, 0.1) is 6.04 Å². The summed E-state index contributed by atoms with van der Waals surface area (Å²) in [6.45, 7) is 5.87. The number of carbonyl (C=O) groups excluding carboxylic acids is 2. The lowest BCUT2D eigenvalue weighted by atomic mass is 10.1. The lowest BCUT2D eigenvalue weighted by molar-refractivity contribution is -0.121. The summed E-state index contributed by atoms with van der Waals surface area (Å²) in [4.78, 5) is 22.3. The van der Waals surface area contributed by atoms with Crippen LogP contribution in [-0.4, -0.2) is 31.1 Å². The molecule has 5 nitrogen and oxygen atoms in total. The predicted molar refractivity (Wildman–Crippen MR) is 59.6 cm³/mol. The number of imide groups is 1. The van der Waals surface area contributed by atoms with Crippen LogP contribution in [0.5, 0.6) is 0 Å². The van der Waals surface area contributed by atoms with E-state index in [4.69, 9.17) is 0 Å². The van der Waals surface area contributed by atoms with E-state index in [9.17, 15) is 9.59 Å². The molecule has 0 aromatic heterocycles. The SMILES string of the molecule is CCC(CC)NC(C)C(=O)NC(=O)NC. The molecule has 0 heterocycles. The van der Waals surface area contributed by atoms with E-state index < -0.39 is 6.03 Å². The maximum absolute atomic E-state index is 11.4. The van der Waals surface area contributed by atoms with Crippen molar-refractivity contribution in [3.05, 3.63) is 0 Å². The van der Waals surface area contributed by atoms with Crippen LogP contribution in [0.25, 0.3) is 0 Å². The summed E-state index contributed by atoms with van der Waals surface area (Å²) < 4.78 is 0. The van der Waals surface area contributed by atoms with Gasteiger partial charge in [0.25, 0.3) is 0 Å². The summed E-state index contributed by atoms with van der Waals surface area (Å²) in [7, 11) is 1.47. The molecule has 0 spiro atoms. The first-order chi connectivity index (χ1) is 7.04. The van der Waals surface area contributed by atoms with Crippen molar-refractivity contribution in [2.45, 2.75) is 45.7 Å². The smallest absolute Gasteiger partial charge is 0.321 e. The highest BCUT2D eigenvalue weighted by Gasteiger charge is 2.17. The maximum atomic E-state index is 11.4. The number of rotatable bonds is 5. The average Bonchev–Trinajstić information content (AvgIpc) is 2.24. The monoisotopic (exact) mass is 215 g/mol. The lowest BCUT2D eigenvalue weighted by Gasteiger charge is -2.19. The molecule has 0 bridgehead atoms. The minimum absolute atomic E-state index is 0.304. The number of hydrogen-bond donors (Lipinski definition) is 3. The molecule has 0 fully saturated rings. The largest absolute Gasteiger partial charge is 0.341 e. The Hall–Kier alpha value is -1.10. The van der Waals surface area contributed by atoms with E-state index in [0.717, 1.165) is 12.8 Å². The first-order valence-electron chi connectivity index (χ1n) is 5.33. The zero-order chi connectivity index (χ0) is 11.8. The van der Waals surface area contributed by atoms with Gasteiger partial charge < -0.3 is 10.6 Å². The van der Waals surface area contributed by atoms with Crippen molar-refractivity contribution in [2.24, 2.45) is 0 Å². The molecule has 88 valence electrons. The first kappa shape index (κ1) is 13.9. The van der Waals surface area contributed by atoms with Crippen molar-refractivity contribution in [2.75, 3.05) is 7.05 Å². The predicted octanol–water partition coefficient (Wildman–Crippen LogP) is 0.609. The highest BCUT2D eigenvalue weighted by atomic mass is 16.2. The molecule has 1 unspecified atom stereocenters. The van der Waals surface area contributed by atoms with Crippen LogP contribution in [0.4, 0.5) is 4.79 Å². The van der Waals surface area contributed by atoms with Crippen LogP contribution in [0.3, 0.4) is 0 Å². The second-order valence-corrected chi connectivity index (χ2v) is 3.47. The van der Waals surface area contributed by atoms with Gasteiger partial charge in [0.1, 0.15) is 0 Å². The standard InChI is InChI=1S/C10H21N3O2/c1-5-8(6-2)12-7(3)9(14)13-10(15)11-4/h7-8,12H,5-6H2,1-4H3,(H2,11,13,14,15). The van der Waals surface area contributed by atoms with Crippen LogP contribution in [0.1, 0.15) is 33.6 Å². The molecule has 0 aliphatic rings. The second-order valence-electron chi connectivity index (χ2n) is 3.47. The van der Waals surface area contributed by atoms with Gasteiger partial charge in [-0.15, -0.1) is 0 Å². The van der Waals surface area contributed by atoms with Gasteiger partial charge in [-0.3, -0.25) is 10.1 Å². The molecule has 0 rings (SSSR count). The minimum atomic E-state index is -0.474. The molecule has 0 radical (unpaired) electrons. The van der Waals surface area contributed by atoms with Crippen molar-refractivity contribution in [3.8, 4) is 0 Å². The van der Waals surface area contributed by atoms with Crippen LogP contribution < -0.4 is 16.0 Å². The van der Waals surface area contributed by atoms with Crippen LogP contribution in [0.15, 0.2) is 0 Å². The zero-order valence-corrected chi connectivity index (χ0v) is 9.89. The molecule has 0 saturated heterocycles. The molecule has 3 amide bonds. The normalized spacial score (nSPS) is 12.3. The molecule has 5 heteroatoms. The Morgan fingerprint density at radius 2 is 1.73 bits per heavy atom. The van der Waals surface area contributed by atoms with E-state index in [1.54, 1.807) is 6.92 Å². The number of urea groups is 1. The Kier molecular flexibility index (Phi) is 6.70. The Balaban J connectivity index is 4.03. The third-order valence-corrected chi connectivity index (χ3v) is 2.33. The highest BCUT2D eigenvalue weighted by molar-refractivity contribution is 5.96. The third kappa shape index (κ3) is 5.37. The summed E-state index contributed by atoms with van der Waals surface area (Å²) >= 11 is 0. The van der Waals surface area contributed by atoms with Crippen LogP contribution >= 0.6 is 0 Å². The molecule has 0 aliphatic heterocycles. The molecular formula is C10H21N3O2. The maximum Gasteiger partial charge on any atom is 0.321 e. The number of nitrogens with one attached hydrogen (secondary N) is 3. The van der Waals surface area contributed by atoms with Gasteiger partial charge in [-0.1, -0.05) is 13.8 Å². The van der Waals surface area contributed by atoms with E-state index in [1.807, 2.05) is 0 Å². The summed E-state index contributed by atoms with van der Waals surface area (Å²) in [5.74, 6) is -0.304. The van der Waals surface area contributed by atoms with Gasteiger partial charge in [-0.2, -0.15) is 0 Å². The van der Waals surface area contributed by atoms with E-state index >= 15 is 0 Å². The summed E-state index contributed by atoms with van der Waals surface area (Å²) in [6.07, 6.45) is 1.93. The molecule has 3 N–H and O–H groups in total. The zero-order valence-electron chi connectivity index (χ0n) is 9.89. The molecule has 1 atom stereocenters. The fourth-order valence-electron chi connectivity index (χ4n) is 1.24. The molecular weight excluding hydrogens is 194 g/mol. The highest BCUT2D eigenvalue weighted by Crippen LogP contribution is 1.98. The van der Waals surface area contributed by atoms with Crippen molar-refractivity contribution >= 4 is 11.9 Å². The van der Waals surface area contributed by atoms with E-state index in [2.05, 4.69) is 29.8 Å². The van der Waals surface area contributed by atoms with Gasteiger partial charge in [-0.25, -0.2) is 4.79 Å². The third-order valence-electron chi connectivity index (χ3n) is 2.33. The summed E-state index contributed by atoms with van der Waals surface area (Å²) in [6, 6.07) is -0.513. The fourth-order valence-corrected chi connectivity index (χ4v) is 1.24. The number of carbonyl (C=O) groups is 2. The van der Waals surface area contributed by atoms with Crippen molar-refractivity contribution in [1.82, 2.24) is 16.0 Å². The van der Waals surface area contributed by atoms with Gasteiger partial charge in [0.15, 0.2) is 0 Å². The van der Waals surface area contributed by atoms with Gasteiger partial charge in [-0.05, 0) is 19.8 Å². The number of amides is 3. The molecule has 15 heavy (non-hydrogen) atoms. The van der Waals surface area contributed by atoms with Crippen LogP contribution in [0, 0.1) is 0 Å². The second kappa shape index (κ2) is 7.23. The molecule has 0 saturated carbocycles. The molecule has 0 aromatic carbocycles. The summed E-state index contributed by atoms with van der Waals surface area (Å²) in [5.41, 5.74) is 0. The Bertz CT molecular complexity index is 215. The Morgan fingerprint density at radius 1 is 1.20 bits per heavy atom. The Labute approximate surface area is 91.0 Å². The topological polar surface area (TPSA) is 70.2 Å². The summed E-state index contributed by atoms with van der Waals surface area (Å²) in [5, 5.41) is 7.72. The van der Waals surface area contributed by atoms with E-state index in [-0.39, 0.29) is 11.9 Å². The Morgan fingerprint density at radius 3 is 2.13 bits per heavy atom. The lowest BCUT2D eigenvalue weighted by Crippen LogP contribution is -2.49. The first-order valence-corrected chi connectivity index (χ1v) is 5.33. The van der Waals surface area contributed by atoms with E-state index in [1.165, 1.54) is 7.05 Å². The van der Waals surface area contributed by atoms with Crippen LogP contribution in [-0.2, 0) is 4.79 Å².